The molecule has 0 bridgehead atoms. The Bertz CT molecular complexity index is 3380. The maximum Gasteiger partial charge on any atom is 0.143 e. The molecule has 1 heterocycles. The van der Waals surface area contributed by atoms with Gasteiger partial charge < -0.3 is 4.42 Å². The van der Waals surface area contributed by atoms with Crippen LogP contribution in [0.2, 0.25) is 0 Å². The summed E-state index contributed by atoms with van der Waals surface area (Å²) in [6.45, 7) is 4.72. The average molecular weight is 713 g/mol. The number of hydrogen-bond acceptors (Lipinski definition) is 1. The second-order valence-electron chi connectivity index (χ2n) is 16.0. The highest BCUT2D eigenvalue weighted by Crippen LogP contribution is 2.52. The zero-order chi connectivity index (χ0) is 37.1. The first-order valence-electron chi connectivity index (χ1n) is 19.6. The van der Waals surface area contributed by atoms with Crippen molar-refractivity contribution in [3.8, 4) is 44.5 Å². The van der Waals surface area contributed by atoms with E-state index in [1.165, 1.54) is 109 Å². The summed E-state index contributed by atoms with van der Waals surface area (Å²) in [5.74, 6) is 0. The second kappa shape index (κ2) is 11.5. The first-order chi connectivity index (χ1) is 27.5. The minimum absolute atomic E-state index is 0.126. The van der Waals surface area contributed by atoms with Crippen LogP contribution in [0.15, 0.2) is 186 Å². The van der Waals surface area contributed by atoms with E-state index in [0.29, 0.717) is 0 Å². The van der Waals surface area contributed by atoms with Crippen LogP contribution in [0.4, 0.5) is 0 Å². The molecule has 10 aromatic carbocycles. The van der Waals surface area contributed by atoms with Gasteiger partial charge in [0.2, 0.25) is 0 Å². The number of para-hydroxylation sites is 1. The molecular formula is C55H36O. The van der Waals surface area contributed by atoms with Crippen LogP contribution in [0, 0.1) is 0 Å². The van der Waals surface area contributed by atoms with E-state index in [0.717, 1.165) is 11.2 Å². The minimum Gasteiger partial charge on any atom is -0.455 e. The molecule has 0 spiro atoms. The lowest BCUT2D eigenvalue weighted by molar-refractivity contribution is 0.660. The molecule has 56 heavy (non-hydrogen) atoms. The van der Waals surface area contributed by atoms with Crippen molar-refractivity contribution in [3.63, 3.8) is 0 Å². The molecule has 0 amide bonds. The Morgan fingerprint density at radius 3 is 1.59 bits per heavy atom. The maximum absolute atomic E-state index is 6.47. The van der Waals surface area contributed by atoms with Crippen molar-refractivity contribution >= 4 is 65.0 Å². The van der Waals surface area contributed by atoms with E-state index >= 15 is 0 Å². The third-order valence-electron chi connectivity index (χ3n) is 12.6. The average Bonchev–Trinajstić information content (AvgIpc) is 3.73. The van der Waals surface area contributed by atoms with Gasteiger partial charge in [-0.2, -0.15) is 0 Å². The summed E-state index contributed by atoms with van der Waals surface area (Å²) in [6, 6.07) is 67.2. The quantitative estimate of drug-likeness (QED) is 0.166. The maximum atomic E-state index is 6.47. The van der Waals surface area contributed by atoms with Crippen molar-refractivity contribution in [1.29, 1.82) is 0 Å². The summed E-state index contributed by atoms with van der Waals surface area (Å²) < 4.78 is 6.47. The minimum atomic E-state index is -0.126. The van der Waals surface area contributed by atoms with Crippen LogP contribution in [-0.2, 0) is 5.41 Å². The molecule has 1 nitrogen and oxygen atoms in total. The molecule has 1 aromatic heterocycles. The van der Waals surface area contributed by atoms with Gasteiger partial charge in [-0.15, -0.1) is 0 Å². The molecule has 0 saturated carbocycles. The van der Waals surface area contributed by atoms with E-state index in [4.69, 9.17) is 4.42 Å². The van der Waals surface area contributed by atoms with Gasteiger partial charge in [0.15, 0.2) is 0 Å². The molecule has 262 valence electrons. The summed E-state index contributed by atoms with van der Waals surface area (Å²) >= 11 is 0. The van der Waals surface area contributed by atoms with Crippen LogP contribution >= 0.6 is 0 Å². The van der Waals surface area contributed by atoms with E-state index in [1.807, 2.05) is 6.07 Å². The first kappa shape index (κ1) is 31.4. The number of furan rings is 1. The molecule has 1 aliphatic rings. The molecule has 1 heteroatoms. The molecular weight excluding hydrogens is 677 g/mol. The number of fused-ring (bicyclic) bond motifs is 11. The molecule has 0 aliphatic heterocycles. The summed E-state index contributed by atoms with van der Waals surface area (Å²) in [5.41, 5.74) is 14.7. The first-order valence-corrected chi connectivity index (χ1v) is 19.6. The van der Waals surface area contributed by atoms with Crippen molar-refractivity contribution in [1.82, 2.24) is 0 Å². The second-order valence-corrected chi connectivity index (χ2v) is 16.0. The van der Waals surface area contributed by atoms with Crippen LogP contribution in [0.3, 0.4) is 0 Å². The Morgan fingerprint density at radius 1 is 0.339 bits per heavy atom. The standard InChI is InChI=1S/C55H36O/c1-55(2)49-27-25-37(30-47(49)48-31-38-24-26-45-40-14-10-11-19-51(40)56-54(45)46(38)32-50(48)55)35-20-21-36-29-39(23-22-34(36)28-35)53-43-17-8-6-15-41(43)52(33-12-4-3-5-13-33)42-16-7-9-18-44(42)53/h3-32H,1-2H3. The van der Waals surface area contributed by atoms with Gasteiger partial charge in [0.05, 0.1) is 0 Å². The smallest absolute Gasteiger partial charge is 0.143 e. The van der Waals surface area contributed by atoms with Gasteiger partial charge in [-0.05, 0) is 136 Å². The van der Waals surface area contributed by atoms with Gasteiger partial charge in [0.25, 0.3) is 0 Å². The molecule has 0 unspecified atom stereocenters. The van der Waals surface area contributed by atoms with Crippen molar-refractivity contribution in [2.75, 3.05) is 0 Å². The van der Waals surface area contributed by atoms with E-state index in [1.54, 1.807) is 0 Å². The number of hydrogen-bond donors (Lipinski definition) is 0. The largest absolute Gasteiger partial charge is 0.455 e. The van der Waals surface area contributed by atoms with Crippen molar-refractivity contribution in [2.45, 2.75) is 19.3 Å². The predicted molar refractivity (Wildman–Crippen MR) is 238 cm³/mol. The van der Waals surface area contributed by atoms with E-state index in [9.17, 15) is 0 Å². The predicted octanol–water partition coefficient (Wildman–Crippen LogP) is 15.5. The van der Waals surface area contributed by atoms with Crippen molar-refractivity contribution in [2.24, 2.45) is 0 Å². The van der Waals surface area contributed by atoms with Crippen LogP contribution in [-0.4, -0.2) is 0 Å². The van der Waals surface area contributed by atoms with Crippen molar-refractivity contribution < 1.29 is 4.42 Å². The molecule has 12 rings (SSSR count). The zero-order valence-electron chi connectivity index (χ0n) is 31.2. The highest BCUT2D eigenvalue weighted by Gasteiger charge is 2.36. The Hall–Kier alpha value is -6.96. The molecule has 1 aliphatic carbocycles. The Balaban J connectivity index is 0.969. The Kier molecular flexibility index (Phi) is 6.46. The fourth-order valence-corrected chi connectivity index (χ4v) is 9.87. The lowest BCUT2D eigenvalue weighted by atomic mass is 9.81. The van der Waals surface area contributed by atoms with Gasteiger partial charge in [-0.3, -0.25) is 0 Å². The Morgan fingerprint density at radius 2 is 0.875 bits per heavy atom. The summed E-state index contributed by atoms with van der Waals surface area (Å²) in [6.07, 6.45) is 0. The number of rotatable bonds is 3. The fourth-order valence-electron chi connectivity index (χ4n) is 9.87. The molecule has 11 aromatic rings. The number of benzene rings is 10. The normalized spacial score (nSPS) is 13.3. The van der Waals surface area contributed by atoms with Gasteiger partial charge >= 0.3 is 0 Å². The van der Waals surface area contributed by atoms with E-state index in [2.05, 4.69) is 190 Å². The Labute approximate surface area is 325 Å². The molecule has 0 N–H and O–H groups in total. The van der Waals surface area contributed by atoms with Crippen molar-refractivity contribution in [3.05, 3.63) is 193 Å². The van der Waals surface area contributed by atoms with E-state index in [-0.39, 0.29) is 5.41 Å². The highest BCUT2D eigenvalue weighted by atomic mass is 16.3. The topological polar surface area (TPSA) is 13.1 Å². The van der Waals surface area contributed by atoms with Gasteiger partial charge in [-0.1, -0.05) is 153 Å². The van der Waals surface area contributed by atoms with Gasteiger partial charge in [0.1, 0.15) is 11.2 Å². The van der Waals surface area contributed by atoms with Crippen LogP contribution in [0.25, 0.3) is 110 Å². The van der Waals surface area contributed by atoms with Gasteiger partial charge in [-0.25, -0.2) is 0 Å². The lowest BCUT2D eigenvalue weighted by Crippen LogP contribution is -2.14. The summed E-state index contributed by atoms with van der Waals surface area (Å²) in [4.78, 5) is 0. The monoisotopic (exact) mass is 712 g/mol. The van der Waals surface area contributed by atoms with E-state index < -0.39 is 0 Å². The van der Waals surface area contributed by atoms with Crippen LogP contribution < -0.4 is 0 Å². The molecule has 0 radical (unpaired) electrons. The molecule has 0 atom stereocenters. The SMILES string of the molecule is CC1(C)c2ccc(-c3ccc4cc(-c5c6ccccc6c(-c6ccccc6)c6ccccc56)ccc4c3)cc2-c2cc3ccc4c5ccccc5oc4c3cc21. The van der Waals surface area contributed by atoms with Crippen LogP contribution in [0.5, 0.6) is 0 Å². The zero-order valence-corrected chi connectivity index (χ0v) is 31.2. The van der Waals surface area contributed by atoms with Crippen LogP contribution in [0.1, 0.15) is 25.0 Å². The molecule has 0 saturated heterocycles. The fraction of sp³-hybridized carbons (Fsp3) is 0.0545. The lowest BCUT2D eigenvalue weighted by Gasteiger charge is -2.22. The third kappa shape index (κ3) is 4.43. The third-order valence-corrected chi connectivity index (χ3v) is 12.6. The summed E-state index contributed by atoms with van der Waals surface area (Å²) in [5, 5.41) is 12.3. The van der Waals surface area contributed by atoms with Gasteiger partial charge in [0, 0.05) is 21.6 Å². The summed E-state index contributed by atoms with van der Waals surface area (Å²) in [7, 11) is 0. The molecule has 0 fully saturated rings. The highest BCUT2D eigenvalue weighted by molar-refractivity contribution is 6.22.